The topological polar surface area (TPSA) is 0 Å². The Bertz CT molecular complexity index is 366. The van der Waals surface area contributed by atoms with Crippen LogP contribution in [-0.2, 0) is 0 Å². The first-order valence-electron chi connectivity index (χ1n) is 7.06. The first kappa shape index (κ1) is 7.92. The van der Waals surface area contributed by atoms with E-state index in [1.165, 1.54) is 37.0 Å². The van der Waals surface area contributed by atoms with Gasteiger partial charge in [0.2, 0.25) is 0 Å². The van der Waals surface area contributed by atoms with Gasteiger partial charge in [-0.25, -0.2) is 0 Å². The zero-order valence-electron chi connectivity index (χ0n) is 9.41. The van der Waals surface area contributed by atoms with E-state index < -0.39 is 0 Å². The van der Waals surface area contributed by atoms with Crippen molar-refractivity contribution in [2.24, 2.45) is 35.0 Å². The molecule has 7 bridgehead atoms. The lowest BCUT2D eigenvalue weighted by Gasteiger charge is -2.58. The van der Waals surface area contributed by atoms with Gasteiger partial charge in [0.1, 0.15) is 0 Å². The molecule has 80 valence electrons. The van der Waals surface area contributed by atoms with Gasteiger partial charge in [-0.15, -0.1) is 0 Å². The van der Waals surface area contributed by atoms with Crippen LogP contribution < -0.4 is 0 Å². The number of hydrogen-bond donors (Lipinski definition) is 0. The van der Waals surface area contributed by atoms with Gasteiger partial charge < -0.3 is 0 Å². The maximum Gasteiger partial charge on any atom is -0.0193 e. The third-order valence-corrected chi connectivity index (χ3v) is 6.90. The van der Waals surface area contributed by atoms with Crippen molar-refractivity contribution in [2.75, 3.05) is 0 Å². The van der Waals surface area contributed by atoms with E-state index in [0.717, 1.165) is 17.3 Å². The minimum Gasteiger partial charge on any atom is -0.0819 e. The molecular weight excluding hydrogens is 180 g/mol. The smallest absolute Gasteiger partial charge is 0.0193 e. The summed E-state index contributed by atoms with van der Waals surface area (Å²) in [5.41, 5.74) is 2.75. The number of allylic oxidation sites excluding steroid dienone is 2. The Labute approximate surface area is 92.1 Å². The van der Waals surface area contributed by atoms with E-state index in [2.05, 4.69) is 6.08 Å². The summed E-state index contributed by atoms with van der Waals surface area (Å²) in [4.78, 5) is 0. The zero-order chi connectivity index (χ0) is 9.62. The molecule has 9 aliphatic rings. The molecule has 6 atom stereocenters. The Morgan fingerprint density at radius 2 is 2.00 bits per heavy atom. The van der Waals surface area contributed by atoms with Crippen LogP contribution in [0.2, 0.25) is 0 Å². The fourth-order valence-electron chi connectivity index (χ4n) is 6.48. The summed E-state index contributed by atoms with van der Waals surface area (Å²) in [6.45, 7) is 0. The quantitative estimate of drug-likeness (QED) is 0.522. The van der Waals surface area contributed by atoms with E-state index in [1.54, 1.807) is 25.7 Å². The molecule has 1 spiro atoms. The molecular formula is C15H20. The standard InChI is InChI=1S/C15H20/c1-2-12-14-11-3-4-15(12,8-11)13(14)7-10-5-9(1)6-10/h5,9,11-14H,1-4,6-8H2. The second-order valence-electron chi connectivity index (χ2n) is 7.10. The van der Waals surface area contributed by atoms with Gasteiger partial charge in [-0.2, -0.15) is 0 Å². The molecule has 0 aromatic carbocycles. The maximum absolute atomic E-state index is 2.63. The van der Waals surface area contributed by atoms with Crippen LogP contribution in [0.1, 0.15) is 44.9 Å². The molecule has 0 radical (unpaired) electrons. The fraction of sp³-hybridized carbons (Fsp3) is 0.867. The molecule has 0 amide bonds. The molecule has 0 heteroatoms. The monoisotopic (exact) mass is 200 g/mol. The Hall–Kier alpha value is -0.260. The molecule has 0 N–H and O–H groups in total. The average Bonchev–Trinajstić information content (AvgIpc) is 2.85. The molecule has 9 rings (SSSR count). The number of hydrogen-bond acceptors (Lipinski definition) is 0. The summed E-state index contributed by atoms with van der Waals surface area (Å²) in [6, 6.07) is 0. The summed E-state index contributed by atoms with van der Waals surface area (Å²) in [7, 11) is 0. The molecule has 0 saturated heterocycles. The fourth-order valence-corrected chi connectivity index (χ4v) is 6.48. The predicted molar refractivity (Wildman–Crippen MR) is 60.3 cm³/mol. The Balaban J connectivity index is 1.59. The van der Waals surface area contributed by atoms with E-state index in [-0.39, 0.29) is 0 Å². The predicted octanol–water partition coefficient (Wildman–Crippen LogP) is 3.78. The molecule has 0 aromatic heterocycles. The summed E-state index contributed by atoms with van der Waals surface area (Å²) in [5, 5.41) is 0. The van der Waals surface area contributed by atoms with Crippen molar-refractivity contribution in [2.45, 2.75) is 44.9 Å². The van der Waals surface area contributed by atoms with Gasteiger partial charge in [0, 0.05) is 0 Å². The highest BCUT2D eigenvalue weighted by Gasteiger charge is 2.72. The molecule has 0 aliphatic heterocycles. The second-order valence-corrected chi connectivity index (χ2v) is 7.10. The van der Waals surface area contributed by atoms with E-state index in [4.69, 9.17) is 0 Å². The van der Waals surface area contributed by atoms with Crippen molar-refractivity contribution in [1.29, 1.82) is 0 Å². The summed E-state index contributed by atoms with van der Waals surface area (Å²) in [5.74, 6) is 5.73. The van der Waals surface area contributed by atoms with Crippen LogP contribution in [0.25, 0.3) is 0 Å². The molecule has 15 heavy (non-hydrogen) atoms. The van der Waals surface area contributed by atoms with Crippen molar-refractivity contribution < 1.29 is 0 Å². The molecule has 6 fully saturated rings. The van der Waals surface area contributed by atoms with Crippen LogP contribution in [0.3, 0.4) is 0 Å². The van der Waals surface area contributed by atoms with E-state index in [9.17, 15) is 0 Å². The van der Waals surface area contributed by atoms with Gasteiger partial charge in [0.05, 0.1) is 0 Å². The lowest BCUT2D eigenvalue weighted by Crippen LogP contribution is -2.52. The van der Waals surface area contributed by atoms with Crippen molar-refractivity contribution >= 4 is 0 Å². The second kappa shape index (κ2) is 2.21. The number of rotatable bonds is 0. The lowest BCUT2D eigenvalue weighted by atomic mass is 9.46. The molecule has 6 unspecified atom stereocenters. The highest BCUT2D eigenvalue weighted by Crippen LogP contribution is 2.79. The maximum atomic E-state index is 2.63. The molecule has 0 nitrogen and oxygen atoms in total. The van der Waals surface area contributed by atoms with Crippen LogP contribution in [0.5, 0.6) is 0 Å². The van der Waals surface area contributed by atoms with Crippen molar-refractivity contribution in [1.82, 2.24) is 0 Å². The largest absolute Gasteiger partial charge is 0.0819 e. The van der Waals surface area contributed by atoms with E-state index in [0.29, 0.717) is 0 Å². The normalized spacial score (nSPS) is 63.5. The van der Waals surface area contributed by atoms with Crippen LogP contribution in [0.15, 0.2) is 11.6 Å². The van der Waals surface area contributed by atoms with Crippen LogP contribution in [-0.4, -0.2) is 0 Å². The van der Waals surface area contributed by atoms with Gasteiger partial charge in [-0.1, -0.05) is 11.6 Å². The van der Waals surface area contributed by atoms with Gasteiger partial charge >= 0.3 is 0 Å². The van der Waals surface area contributed by atoms with Crippen LogP contribution >= 0.6 is 0 Å². The Morgan fingerprint density at radius 1 is 1.07 bits per heavy atom. The molecule has 6 saturated carbocycles. The molecule has 0 aromatic rings. The highest BCUT2D eigenvalue weighted by atomic mass is 14.8. The molecule has 9 aliphatic carbocycles. The van der Waals surface area contributed by atoms with Crippen molar-refractivity contribution in [3.8, 4) is 0 Å². The Morgan fingerprint density at radius 3 is 2.73 bits per heavy atom. The SMILES string of the molecule is C1=C2CC1CCC1C3C4CCC1(C4)C3C2. The first-order valence-corrected chi connectivity index (χ1v) is 7.06. The summed E-state index contributed by atoms with van der Waals surface area (Å²) in [6.07, 6.45) is 13.6. The van der Waals surface area contributed by atoms with Crippen LogP contribution in [0, 0.1) is 35.0 Å². The minimum absolute atomic E-state index is 0.896. The minimum atomic E-state index is 0.896. The lowest BCUT2D eigenvalue weighted by molar-refractivity contribution is -0.0973. The zero-order valence-corrected chi connectivity index (χ0v) is 9.41. The molecule has 0 heterocycles. The average molecular weight is 200 g/mol. The third kappa shape index (κ3) is 0.707. The van der Waals surface area contributed by atoms with Crippen molar-refractivity contribution in [3.63, 3.8) is 0 Å². The van der Waals surface area contributed by atoms with Gasteiger partial charge in [0.15, 0.2) is 0 Å². The van der Waals surface area contributed by atoms with Crippen molar-refractivity contribution in [3.05, 3.63) is 11.6 Å². The summed E-state index contributed by atoms with van der Waals surface area (Å²) >= 11 is 0. The van der Waals surface area contributed by atoms with Crippen LogP contribution in [0.4, 0.5) is 0 Å². The summed E-state index contributed by atoms with van der Waals surface area (Å²) < 4.78 is 0. The van der Waals surface area contributed by atoms with Gasteiger partial charge in [0.25, 0.3) is 0 Å². The highest BCUT2D eigenvalue weighted by molar-refractivity contribution is 5.27. The first-order chi connectivity index (χ1) is 7.37. The third-order valence-electron chi connectivity index (χ3n) is 6.90. The van der Waals surface area contributed by atoms with Gasteiger partial charge in [-0.3, -0.25) is 0 Å². The van der Waals surface area contributed by atoms with E-state index >= 15 is 0 Å². The van der Waals surface area contributed by atoms with Gasteiger partial charge in [-0.05, 0) is 80.0 Å². The van der Waals surface area contributed by atoms with E-state index in [1.807, 2.05) is 5.57 Å². The Kier molecular flexibility index (Phi) is 1.17.